The number of ether oxygens (including phenoxy) is 1. The number of pyridine rings is 1. The van der Waals surface area contributed by atoms with Crippen LogP contribution in [0.25, 0.3) is 0 Å². The molecule has 1 aromatic heterocycles. The molecule has 1 heterocycles. The van der Waals surface area contributed by atoms with Crippen LogP contribution in [0.3, 0.4) is 0 Å². The lowest BCUT2D eigenvalue weighted by atomic mass is 10.1. The molecule has 0 fully saturated rings. The minimum absolute atomic E-state index is 0.0576. The highest BCUT2D eigenvalue weighted by molar-refractivity contribution is 5.92. The molecule has 5 heteroatoms. The average Bonchev–Trinajstić information content (AvgIpc) is 2.56. The van der Waals surface area contributed by atoms with E-state index < -0.39 is 0 Å². The van der Waals surface area contributed by atoms with Gasteiger partial charge in [0.15, 0.2) is 0 Å². The molecule has 0 aliphatic rings. The molecule has 0 saturated heterocycles. The first-order valence-electron chi connectivity index (χ1n) is 7.98. The summed E-state index contributed by atoms with van der Waals surface area (Å²) >= 11 is 0. The summed E-state index contributed by atoms with van der Waals surface area (Å²) in [6, 6.07) is 11.6. The van der Waals surface area contributed by atoms with Crippen LogP contribution >= 0.6 is 0 Å². The first-order chi connectivity index (χ1) is 11.5. The number of methoxy groups -OCH3 is 1. The summed E-state index contributed by atoms with van der Waals surface area (Å²) in [5, 5.41) is 2.95. The Kier molecular flexibility index (Phi) is 6.46. The van der Waals surface area contributed by atoms with E-state index in [4.69, 9.17) is 4.74 Å². The van der Waals surface area contributed by atoms with Crippen molar-refractivity contribution in [2.45, 2.75) is 19.9 Å². The highest BCUT2D eigenvalue weighted by atomic mass is 16.5. The van der Waals surface area contributed by atoms with Crippen LogP contribution in [0.2, 0.25) is 0 Å². The van der Waals surface area contributed by atoms with Crippen molar-refractivity contribution in [3.05, 3.63) is 59.4 Å². The number of nitrogens with zero attached hydrogens (tertiary/aromatic N) is 2. The van der Waals surface area contributed by atoms with Crippen molar-refractivity contribution in [2.75, 3.05) is 32.6 Å². The van der Waals surface area contributed by atoms with Gasteiger partial charge in [0.25, 0.3) is 0 Å². The first-order valence-corrected chi connectivity index (χ1v) is 7.98. The number of hydrogen-bond donors (Lipinski definition) is 1. The second-order valence-electron chi connectivity index (χ2n) is 5.99. The molecule has 0 aliphatic carbocycles. The van der Waals surface area contributed by atoms with Gasteiger partial charge in [-0.3, -0.25) is 14.7 Å². The van der Waals surface area contributed by atoms with Crippen LogP contribution < -0.4 is 5.32 Å². The quantitative estimate of drug-likeness (QED) is 0.849. The van der Waals surface area contributed by atoms with Crippen molar-refractivity contribution in [1.82, 2.24) is 9.88 Å². The van der Waals surface area contributed by atoms with Gasteiger partial charge in [-0.05, 0) is 56.3 Å². The smallest absolute Gasteiger partial charge is 0.238 e. The highest BCUT2D eigenvalue weighted by Gasteiger charge is 2.20. The Balaban J connectivity index is 2.01. The van der Waals surface area contributed by atoms with Gasteiger partial charge in [-0.15, -0.1) is 0 Å². The standard InChI is InChI=1S/C19H25N3O2/c1-14-8-9-16(11-15(14)2)21-19(23)12-22(3)18(13-24-4)17-7-5-6-10-20-17/h5-11,18H,12-13H2,1-4H3,(H,21,23)/t18-/m1/s1. The summed E-state index contributed by atoms with van der Waals surface area (Å²) in [6.07, 6.45) is 1.75. The third-order valence-electron chi connectivity index (χ3n) is 4.07. The van der Waals surface area contributed by atoms with E-state index in [1.165, 1.54) is 5.56 Å². The van der Waals surface area contributed by atoms with Crippen LogP contribution in [0, 0.1) is 13.8 Å². The monoisotopic (exact) mass is 327 g/mol. The summed E-state index contributed by atoms with van der Waals surface area (Å²) in [4.78, 5) is 18.7. The number of nitrogens with one attached hydrogen (secondary N) is 1. The van der Waals surface area contributed by atoms with Crippen molar-refractivity contribution in [1.29, 1.82) is 0 Å². The maximum absolute atomic E-state index is 12.3. The van der Waals surface area contributed by atoms with Gasteiger partial charge >= 0.3 is 0 Å². The number of carbonyl (C=O) groups is 1. The second kappa shape index (κ2) is 8.57. The van der Waals surface area contributed by atoms with Crippen molar-refractivity contribution in [3.8, 4) is 0 Å². The van der Waals surface area contributed by atoms with Gasteiger partial charge in [-0.1, -0.05) is 12.1 Å². The Bertz CT molecular complexity index is 674. The van der Waals surface area contributed by atoms with Crippen LogP contribution in [-0.4, -0.2) is 43.1 Å². The Morgan fingerprint density at radius 3 is 2.67 bits per heavy atom. The van der Waals surface area contributed by atoms with E-state index in [2.05, 4.69) is 17.2 Å². The fourth-order valence-electron chi connectivity index (χ4n) is 2.53. The third-order valence-corrected chi connectivity index (χ3v) is 4.07. The summed E-state index contributed by atoms with van der Waals surface area (Å²) < 4.78 is 5.29. The van der Waals surface area contributed by atoms with Gasteiger partial charge in [-0.25, -0.2) is 0 Å². The molecule has 2 aromatic rings. The molecule has 0 saturated carbocycles. The number of hydrogen-bond acceptors (Lipinski definition) is 4. The van der Waals surface area contributed by atoms with E-state index in [1.54, 1.807) is 13.3 Å². The highest BCUT2D eigenvalue weighted by Crippen LogP contribution is 2.18. The zero-order valence-electron chi connectivity index (χ0n) is 14.7. The molecular weight excluding hydrogens is 302 g/mol. The van der Waals surface area contributed by atoms with E-state index in [1.807, 2.05) is 55.3 Å². The Hall–Kier alpha value is -2.24. The van der Waals surface area contributed by atoms with Gasteiger partial charge in [-0.2, -0.15) is 0 Å². The third kappa shape index (κ3) is 4.88. The molecule has 2 rings (SSSR count). The lowest BCUT2D eigenvalue weighted by molar-refractivity contribution is -0.117. The van der Waals surface area contributed by atoms with E-state index in [0.717, 1.165) is 16.9 Å². The molecule has 1 amide bonds. The molecule has 0 spiro atoms. The fraction of sp³-hybridized carbons (Fsp3) is 0.368. The predicted molar refractivity (Wildman–Crippen MR) is 96.0 cm³/mol. The van der Waals surface area contributed by atoms with Gasteiger partial charge in [0.2, 0.25) is 5.91 Å². The van der Waals surface area contributed by atoms with Crippen molar-refractivity contribution < 1.29 is 9.53 Å². The van der Waals surface area contributed by atoms with Crippen LogP contribution in [0.1, 0.15) is 22.9 Å². The molecule has 128 valence electrons. The molecule has 24 heavy (non-hydrogen) atoms. The van der Waals surface area contributed by atoms with Crippen molar-refractivity contribution in [3.63, 3.8) is 0 Å². The van der Waals surface area contributed by atoms with Crippen molar-refractivity contribution in [2.24, 2.45) is 0 Å². The summed E-state index contributed by atoms with van der Waals surface area (Å²) in [6.45, 7) is 4.83. The number of anilines is 1. The molecule has 0 bridgehead atoms. The molecule has 1 N–H and O–H groups in total. The molecular formula is C19H25N3O2. The number of rotatable bonds is 7. The topological polar surface area (TPSA) is 54.5 Å². The normalized spacial score (nSPS) is 12.2. The number of benzene rings is 1. The Morgan fingerprint density at radius 2 is 2.04 bits per heavy atom. The van der Waals surface area contributed by atoms with E-state index >= 15 is 0 Å². The number of amides is 1. The van der Waals surface area contributed by atoms with E-state index in [9.17, 15) is 4.79 Å². The van der Waals surface area contributed by atoms with Crippen molar-refractivity contribution >= 4 is 11.6 Å². The average molecular weight is 327 g/mol. The van der Waals surface area contributed by atoms with Gasteiger partial charge < -0.3 is 10.1 Å². The SMILES string of the molecule is COC[C@H](c1ccccn1)N(C)CC(=O)Nc1ccc(C)c(C)c1. The molecule has 5 nitrogen and oxygen atoms in total. The van der Waals surface area contributed by atoms with Gasteiger partial charge in [0.1, 0.15) is 0 Å². The summed E-state index contributed by atoms with van der Waals surface area (Å²) in [5.74, 6) is -0.0576. The lowest BCUT2D eigenvalue weighted by Crippen LogP contribution is -2.35. The summed E-state index contributed by atoms with van der Waals surface area (Å²) in [7, 11) is 3.55. The molecule has 0 unspecified atom stereocenters. The fourth-order valence-corrected chi connectivity index (χ4v) is 2.53. The summed E-state index contributed by atoms with van der Waals surface area (Å²) in [5.41, 5.74) is 4.07. The number of aryl methyl sites for hydroxylation is 2. The number of aromatic nitrogens is 1. The van der Waals surface area contributed by atoms with Gasteiger partial charge in [0, 0.05) is 19.0 Å². The lowest BCUT2D eigenvalue weighted by Gasteiger charge is -2.26. The minimum atomic E-state index is -0.0679. The van der Waals surface area contributed by atoms with Crippen LogP contribution in [-0.2, 0) is 9.53 Å². The molecule has 0 aliphatic heterocycles. The maximum atomic E-state index is 12.3. The molecule has 0 radical (unpaired) electrons. The Labute approximate surface area is 143 Å². The molecule has 1 aromatic carbocycles. The number of likely N-dealkylation sites (N-methyl/N-ethyl adjacent to an activating group) is 1. The van der Waals surface area contributed by atoms with E-state index in [-0.39, 0.29) is 18.5 Å². The molecule has 1 atom stereocenters. The van der Waals surface area contributed by atoms with Crippen LogP contribution in [0.5, 0.6) is 0 Å². The zero-order chi connectivity index (χ0) is 17.5. The predicted octanol–water partition coefficient (Wildman–Crippen LogP) is 2.96. The minimum Gasteiger partial charge on any atom is -0.383 e. The maximum Gasteiger partial charge on any atom is 0.238 e. The van der Waals surface area contributed by atoms with E-state index in [0.29, 0.717) is 6.61 Å². The Morgan fingerprint density at radius 1 is 1.25 bits per heavy atom. The van der Waals surface area contributed by atoms with Gasteiger partial charge in [0.05, 0.1) is 24.9 Å². The van der Waals surface area contributed by atoms with Crippen LogP contribution in [0.15, 0.2) is 42.6 Å². The zero-order valence-corrected chi connectivity index (χ0v) is 14.7. The first kappa shape index (κ1) is 18.1. The van der Waals surface area contributed by atoms with Crippen LogP contribution in [0.4, 0.5) is 5.69 Å². The number of carbonyl (C=O) groups excluding carboxylic acids is 1. The largest absolute Gasteiger partial charge is 0.383 e. The second-order valence-corrected chi connectivity index (χ2v) is 5.99.